The molecule has 0 bridgehead atoms. The second-order valence-corrected chi connectivity index (χ2v) is 10.6. The predicted molar refractivity (Wildman–Crippen MR) is 158 cm³/mol. The minimum Gasteiger partial charge on any atom is -0.507 e. The Balaban J connectivity index is 1.89. The van der Waals surface area contributed by atoms with E-state index in [1.165, 1.54) is 4.90 Å². The first-order chi connectivity index (χ1) is 19.1. The van der Waals surface area contributed by atoms with Crippen molar-refractivity contribution in [2.24, 2.45) is 0 Å². The number of methoxy groups -OCH3 is 1. The van der Waals surface area contributed by atoms with E-state index in [0.717, 1.165) is 33.7 Å². The van der Waals surface area contributed by atoms with Crippen molar-refractivity contribution in [3.63, 3.8) is 0 Å². The van der Waals surface area contributed by atoms with Crippen LogP contribution in [-0.2, 0) is 16.1 Å². The van der Waals surface area contributed by atoms with Crippen molar-refractivity contribution in [1.82, 2.24) is 4.90 Å². The van der Waals surface area contributed by atoms with Crippen molar-refractivity contribution >= 4 is 23.1 Å². The van der Waals surface area contributed by atoms with E-state index in [0.29, 0.717) is 17.9 Å². The molecule has 4 rings (SSSR count). The Kier molecular flexibility index (Phi) is 8.52. The maximum Gasteiger partial charge on any atom is 0.295 e. The number of aliphatic hydroxyl groups is 1. The first-order valence-electron chi connectivity index (χ1n) is 13.5. The summed E-state index contributed by atoms with van der Waals surface area (Å²) in [6.45, 7) is 8.55. The molecular formula is C33H38N2O5. The smallest absolute Gasteiger partial charge is 0.295 e. The number of rotatable bonds is 9. The molecule has 1 unspecified atom stereocenters. The van der Waals surface area contributed by atoms with Gasteiger partial charge in [0.2, 0.25) is 0 Å². The van der Waals surface area contributed by atoms with Gasteiger partial charge >= 0.3 is 0 Å². The average molecular weight is 543 g/mol. The van der Waals surface area contributed by atoms with Crippen molar-refractivity contribution in [2.75, 3.05) is 32.7 Å². The number of anilines is 1. The van der Waals surface area contributed by atoms with Gasteiger partial charge in [0.15, 0.2) is 0 Å². The molecular weight excluding hydrogens is 504 g/mol. The van der Waals surface area contributed by atoms with Gasteiger partial charge in [0, 0.05) is 31.9 Å². The summed E-state index contributed by atoms with van der Waals surface area (Å²) in [7, 11) is 5.51. The van der Waals surface area contributed by atoms with Gasteiger partial charge in [-0.3, -0.25) is 9.59 Å². The van der Waals surface area contributed by atoms with Crippen LogP contribution in [0.2, 0.25) is 0 Å². The maximum absolute atomic E-state index is 13.6. The Morgan fingerprint density at radius 1 is 1.05 bits per heavy atom. The SMILES string of the molecule is CCOc1cccc(CN2C(=O)C(=O)/C(=C(/O)c3cc(C(C)C)c(OC)cc3C)C2c2ccc(N(C)C)cc2)c1. The molecule has 7 nitrogen and oxygen atoms in total. The second kappa shape index (κ2) is 11.9. The molecule has 0 aliphatic carbocycles. The fraction of sp³-hybridized carbons (Fsp3) is 0.333. The Bertz CT molecular complexity index is 1440. The van der Waals surface area contributed by atoms with E-state index in [-0.39, 0.29) is 23.8 Å². The third-order valence-electron chi connectivity index (χ3n) is 7.28. The van der Waals surface area contributed by atoms with Crippen LogP contribution in [0.25, 0.3) is 5.76 Å². The van der Waals surface area contributed by atoms with Gasteiger partial charge in [-0.05, 0) is 78.4 Å². The zero-order chi connectivity index (χ0) is 29.1. The number of ether oxygens (including phenoxy) is 2. The molecule has 1 saturated heterocycles. The Morgan fingerprint density at radius 3 is 2.35 bits per heavy atom. The number of carbonyl (C=O) groups is 2. The number of nitrogens with zero attached hydrogens (tertiary/aromatic N) is 2. The van der Waals surface area contributed by atoms with Crippen LogP contribution in [0.1, 0.15) is 60.5 Å². The van der Waals surface area contributed by atoms with Crippen LogP contribution < -0.4 is 14.4 Å². The van der Waals surface area contributed by atoms with Crippen molar-refractivity contribution in [3.05, 3.63) is 94.1 Å². The Labute approximate surface area is 236 Å². The normalized spacial score (nSPS) is 16.5. The summed E-state index contributed by atoms with van der Waals surface area (Å²) in [6, 6.07) is 18.2. The minimum atomic E-state index is -0.768. The lowest BCUT2D eigenvalue weighted by Crippen LogP contribution is -2.29. The second-order valence-electron chi connectivity index (χ2n) is 10.6. The number of hydrogen-bond donors (Lipinski definition) is 1. The molecule has 1 atom stereocenters. The first-order valence-corrected chi connectivity index (χ1v) is 13.5. The summed E-state index contributed by atoms with van der Waals surface area (Å²) in [4.78, 5) is 30.7. The number of benzene rings is 3. The predicted octanol–water partition coefficient (Wildman–Crippen LogP) is 6.21. The van der Waals surface area contributed by atoms with E-state index in [1.807, 2.05) is 107 Å². The monoisotopic (exact) mass is 542 g/mol. The largest absolute Gasteiger partial charge is 0.507 e. The van der Waals surface area contributed by atoms with Crippen LogP contribution in [0.15, 0.2) is 66.2 Å². The highest BCUT2D eigenvalue weighted by Gasteiger charge is 2.46. The zero-order valence-electron chi connectivity index (χ0n) is 24.3. The van der Waals surface area contributed by atoms with Gasteiger partial charge in [-0.25, -0.2) is 0 Å². The highest BCUT2D eigenvalue weighted by atomic mass is 16.5. The molecule has 0 spiro atoms. The van der Waals surface area contributed by atoms with Gasteiger partial charge in [0.05, 0.1) is 25.3 Å². The fourth-order valence-corrected chi connectivity index (χ4v) is 5.17. The third kappa shape index (κ3) is 5.55. The molecule has 0 aromatic heterocycles. The van der Waals surface area contributed by atoms with E-state index in [4.69, 9.17) is 9.47 Å². The van der Waals surface area contributed by atoms with Crippen molar-refractivity contribution in [2.45, 2.75) is 46.2 Å². The number of ketones is 1. The standard InChI is InChI=1S/C33H38N2O5/c1-8-40-25-11-9-10-22(17-25)19-35-30(23-12-14-24(15-13-23)34(5)6)29(32(37)33(35)38)31(36)27-18-26(20(2)3)28(39-7)16-21(27)4/h9-18,20,30,36H,8,19H2,1-7H3/b31-29+. The van der Waals surface area contributed by atoms with Gasteiger partial charge in [-0.1, -0.05) is 38.1 Å². The molecule has 0 saturated carbocycles. The van der Waals surface area contributed by atoms with Gasteiger partial charge in [-0.2, -0.15) is 0 Å². The number of likely N-dealkylation sites (tertiary alicyclic amines) is 1. The molecule has 1 aliphatic heterocycles. The molecule has 3 aromatic carbocycles. The molecule has 1 amide bonds. The molecule has 1 N–H and O–H groups in total. The number of amides is 1. The van der Waals surface area contributed by atoms with Crippen molar-refractivity contribution in [1.29, 1.82) is 0 Å². The Morgan fingerprint density at radius 2 is 1.75 bits per heavy atom. The number of Topliss-reactive ketones (excluding diaryl/α,β-unsaturated/α-hetero) is 1. The zero-order valence-corrected chi connectivity index (χ0v) is 24.3. The number of aliphatic hydroxyl groups excluding tert-OH is 1. The van der Waals surface area contributed by atoms with Crippen LogP contribution in [-0.4, -0.2) is 49.5 Å². The first kappa shape index (κ1) is 28.7. The van der Waals surface area contributed by atoms with E-state index in [1.54, 1.807) is 7.11 Å². The third-order valence-corrected chi connectivity index (χ3v) is 7.28. The topological polar surface area (TPSA) is 79.3 Å². The maximum atomic E-state index is 13.6. The van der Waals surface area contributed by atoms with Gasteiger partial charge < -0.3 is 24.4 Å². The molecule has 7 heteroatoms. The molecule has 210 valence electrons. The summed E-state index contributed by atoms with van der Waals surface area (Å²) in [5, 5.41) is 11.7. The van der Waals surface area contributed by atoms with E-state index >= 15 is 0 Å². The van der Waals surface area contributed by atoms with E-state index in [9.17, 15) is 14.7 Å². The fourth-order valence-electron chi connectivity index (χ4n) is 5.17. The quantitative estimate of drug-likeness (QED) is 0.197. The lowest BCUT2D eigenvalue weighted by Gasteiger charge is -2.26. The lowest BCUT2D eigenvalue weighted by atomic mass is 9.91. The molecule has 0 radical (unpaired) electrons. The molecule has 1 fully saturated rings. The van der Waals surface area contributed by atoms with Crippen LogP contribution >= 0.6 is 0 Å². The van der Waals surface area contributed by atoms with E-state index < -0.39 is 17.7 Å². The van der Waals surface area contributed by atoms with Crippen LogP contribution in [0.5, 0.6) is 11.5 Å². The number of aryl methyl sites for hydroxylation is 1. The molecule has 1 aliphatic rings. The summed E-state index contributed by atoms with van der Waals surface area (Å²) in [5.74, 6) is -0.0148. The molecule has 3 aromatic rings. The van der Waals surface area contributed by atoms with Crippen molar-refractivity contribution < 1.29 is 24.2 Å². The van der Waals surface area contributed by atoms with Crippen LogP contribution in [0.4, 0.5) is 5.69 Å². The highest BCUT2D eigenvalue weighted by Crippen LogP contribution is 2.42. The van der Waals surface area contributed by atoms with Crippen LogP contribution in [0.3, 0.4) is 0 Å². The molecule has 40 heavy (non-hydrogen) atoms. The van der Waals surface area contributed by atoms with E-state index in [2.05, 4.69) is 0 Å². The van der Waals surface area contributed by atoms with Crippen molar-refractivity contribution in [3.8, 4) is 11.5 Å². The number of carbonyl (C=O) groups excluding carboxylic acids is 2. The van der Waals surface area contributed by atoms with Gasteiger partial charge in [-0.15, -0.1) is 0 Å². The average Bonchev–Trinajstić information content (AvgIpc) is 3.17. The summed E-state index contributed by atoms with van der Waals surface area (Å²) in [6.07, 6.45) is 0. The summed E-state index contributed by atoms with van der Waals surface area (Å²) >= 11 is 0. The molecule has 1 heterocycles. The lowest BCUT2D eigenvalue weighted by molar-refractivity contribution is -0.140. The highest BCUT2D eigenvalue weighted by molar-refractivity contribution is 6.46. The minimum absolute atomic E-state index is 0.0755. The van der Waals surface area contributed by atoms with Gasteiger partial charge in [0.25, 0.3) is 11.7 Å². The van der Waals surface area contributed by atoms with Gasteiger partial charge in [0.1, 0.15) is 17.3 Å². The summed E-state index contributed by atoms with van der Waals surface area (Å²) < 4.78 is 11.2. The Hall–Kier alpha value is -4.26. The summed E-state index contributed by atoms with van der Waals surface area (Å²) in [5.41, 5.74) is 4.78. The van der Waals surface area contributed by atoms with Crippen LogP contribution in [0, 0.1) is 6.92 Å². The number of hydrogen-bond acceptors (Lipinski definition) is 6.